The topological polar surface area (TPSA) is 52.5 Å². The molecule has 2 aromatic heterocycles. The van der Waals surface area contributed by atoms with Crippen molar-refractivity contribution in [3.05, 3.63) is 23.5 Å². The number of aromatic nitrogens is 2. The van der Waals surface area contributed by atoms with Gasteiger partial charge in [-0.3, -0.25) is 4.40 Å². The molecule has 4 nitrogen and oxygen atoms in total. The van der Waals surface area contributed by atoms with Crippen LogP contribution in [0.25, 0.3) is 4.96 Å². The Balaban J connectivity index is 1.75. The van der Waals surface area contributed by atoms with E-state index in [1.165, 1.54) is 25.7 Å². The second-order valence-corrected chi connectivity index (χ2v) is 6.69. The molecule has 0 saturated heterocycles. The van der Waals surface area contributed by atoms with Crippen LogP contribution < -0.4 is 5.73 Å². The van der Waals surface area contributed by atoms with Crippen LogP contribution in [0.15, 0.2) is 17.8 Å². The van der Waals surface area contributed by atoms with Gasteiger partial charge in [-0.25, -0.2) is 4.98 Å². The van der Waals surface area contributed by atoms with Gasteiger partial charge in [0.15, 0.2) is 4.96 Å². The van der Waals surface area contributed by atoms with E-state index in [9.17, 15) is 0 Å². The van der Waals surface area contributed by atoms with Gasteiger partial charge in [-0.15, -0.1) is 11.3 Å². The summed E-state index contributed by atoms with van der Waals surface area (Å²) in [7, 11) is 1.82. The molecule has 1 aliphatic carbocycles. The van der Waals surface area contributed by atoms with Gasteiger partial charge in [0.2, 0.25) is 0 Å². The van der Waals surface area contributed by atoms with E-state index in [2.05, 4.69) is 15.6 Å². The summed E-state index contributed by atoms with van der Waals surface area (Å²) in [4.78, 5) is 5.68. The SMILES string of the molecule is COC1(C(N)Cc2cn3ccsc3n2)CCCCCC1. The van der Waals surface area contributed by atoms with E-state index in [1.807, 2.05) is 18.7 Å². The van der Waals surface area contributed by atoms with Gasteiger partial charge in [0.1, 0.15) is 0 Å². The first-order valence-electron chi connectivity index (χ1n) is 7.45. The number of rotatable bonds is 4. The number of fused-ring (bicyclic) bond motifs is 1. The predicted molar refractivity (Wildman–Crippen MR) is 82.2 cm³/mol. The fraction of sp³-hybridized carbons (Fsp3) is 0.667. The number of ether oxygens (including phenoxy) is 1. The quantitative estimate of drug-likeness (QED) is 0.882. The Morgan fingerprint density at radius 3 is 2.80 bits per heavy atom. The van der Waals surface area contributed by atoms with E-state index in [0.29, 0.717) is 0 Å². The Kier molecular flexibility index (Phi) is 4.10. The van der Waals surface area contributed by atoms with Gasteiger partial charge in [-0.1, -0.05) is 25.7 Å². The number of methoxy groups -OCH3 is 1. The highest BCUT2D eigenvalue weighted by molar-refractivity contribution is 7.15. The molecule has 1 atom stereocenters. The van der Waals surface area contributed by atoms with E-state index in [4.69, 9.17) is 10.5 Å². The smallest absolute Gasteiger partial charge is 0.193 e. The van der Waals surface area contributed by atoms with Gasteiger partial charge >= 0.3 is 0 Å². The summed E-state index contributed by atoms with van der Waals surface area (Å²) < 4.78 is 7.96. The van der Waals surface area contributed by atoms with Crippen molar-refractivity contribution in [1.82, 2.24) is 9.38 Å². The van der Waals surface area contributed by atoms with Gasteiger partial charge in [-0.2, -0.15) is 0 Å². The zero-order valence-electron chi connectivity index (χ0n) is 12.0. The number of hydrogen-bond acceptors (Lipinski definition) is 4. The predicted octanol–water partition coefficient (Wildman–Crippen LogP) is 3.01. The van der Waals surface area contributed by atoms with Crippen molar-refractivity contribution in [3.8, 4) is 0 Å². The highest BCUT2D eigenvalue weighted by Crippen LogP contribution is 2.33. The zero-order chi connectivity index (χ0) is 14.0. The molecule has 1 unspecified atom stereocenters. The van der Waals surface area contributed by atoms with E-state index >= 15 is 0 Å². The number of hydrogen-bond donors (Lipinski definition) is 1. The average molecular weight is 293 g/mol. The van der Waals surface area contributed by atoms with Crippen molar-refractivity contribution >= 4 is 16.3 Å². The molecule has 1 fully saturated rings. The normalized spacial score (nSPS) is 20.9. The third-order valence-electron chi connectivity index (χ3n) is 4.60. The molecule has 0 amide bonds. The standard InChI is InChI=1S/C15H23N3OS/c1-19-15(6-4-2-3-5-7-15)13(16)10-12-11-18-8-9-20-14(18)17-12/h8-9,11,13H,2-7,10,16H2,1H3. The maximum absolute atomic E-state index is 6.52. The molecule has 1 aliphatic rings. The molecule has 2 N–H and O–H groups in total. The summed E-state index contributed by atoms with van der Waals surface area (Å²) in [6, 6.07) is 0.0233. The van der Waals surface area contributed by atoms with Crippen LogP contribution in [0.3, 0.4) is 0 Å². The molecule has 5 heteroatoms. The lowest BCUT2D eigenvalue weighted by atomic mass is 9.84. The number of nitrogens with two attached hydrogens (primary N) is 1. The van der Waals surface area contributed by atoms with Crippen LogP contribution in [0.5, 0.6) is 0 Å². The molecular weight excluding hydrogens is 270 g/mol. The second kappa shape index (κ2) is 5.84. The molecule has 2 aromatic rings. The molecule has 20 heavy (non-hydrogen) atoms. The van der Waals surface area contributed by atoms with Gasteiger partial charge in [0.05, 0.1) is 11.3 Å². The Morgan fingerprint density at radius 1 is 1.40 bits per heavy atom. The van der Waals surface area contributed by atoms with Crippen molar-refractivity contribution in [3.63, 3.8) is 0 Å². The summed E-state index contributed by atoms with van der Waals surface area (Å²) in [6.07, 6.45) is 12.1. The monoisotopic (exact) mass is 293 g/mol. The summed E-state index contributed by atoms with van der Waals surface area (Å²) in [5.74, 6) is 0. The lowest BCUT2D eigenvalue weighted by Gasteiger charge is -2.37. The van der Waals surface area contributed by atoms with Crippen molar-refractivity contribution in [2.24, 2.45) is 5.73 Å². The number of nitrogens with zero attached hydrogens (tertiary/aromatic N) is 2. The lowest BCUT2D eigenvalue weighted by molar-refractivity contribution is -0.0432. The molecule has 3 rings (SSSR count). The fourth-order valence-electron chi connectivity index (χ4n) is 3.34. The van der Waals surface area contributed by atoms with E-state index < -0.39 is 0 Å². The van der Waals surface area contributed by atoms with Crippen molar-refractivity contribution in [1.29, 1.82) is 0 Å². The molecule has 0 aromatic carbocycles. The molecule has 110 valence electrons. The molecule has 0 aliphatic heterocycles. The minimum Gasteiger partial charge on any atom is -0.377 e. The minimum atomic E-state index is -0.159. The van der Waals surface area contributed by atoms with Crippen LogP contribution in [0.2, 0.25) is 0 Å². The van der Waals surface area contributed by atoms with Crippen LogP contribution in [-0.2, 0) is 11.2 Å². The van der Waals surface area contributed by atoms with Crippen LogP contribution in [0.4, 0.5) is 0 Å². The Bertz CT molecular complexity index is 526. The third-order valence-corrected chi connectivity index (χ3v) is 5.38. The lowest BCUT2D eigenvalue weighted by Crippen LogP contribution is -2.50. The van der Waals surface area contributed by atoms with Crippen LogP contribution >= 0.6 is 11.3 Å². The maximum Gasteiger partial charge on any atom is 0.193 e. The van der Waals surface area contributed by atoms with E-state index in [0.717, 1.165) is 29.9 Å². The first kappa shape index (κ1) is 14.0. The van der Waals surface area contributed by atoms with Crippen LogP contribution in [-0.4, -0.2) is 28.1 Å². The van der Waals surface area contributed by atoms with Crippen LogP contribution in [0.1, 0.15) is 44.2 Å². The molecular formula is C15H23N3OS. The fourth-order valence-corrected chi connectivity index (χ4v) is 4.06. The highest BCUT2D eigenvalue weighted by Gasteiger charge is 2.37. The van der Waals surface area contributed by atoms with Gasteiger partial charge in [-0.05, 0) is 12.8 Å². The van der Waals surface area contributed by atoms with E-state index in [1.54, 1.807) is 11.3 Å². The van der Waals surface area contributed by atoms with E-state index in [-0.39, 0.29) is 11.6 Å². The minimum absolute atomic E-state index is 0.0233. The first-order chi connectivity index (χ1) is 9.73. The van der Waals surface area contributed by atoms with Crippen molar-refractivity contribution < 1.29 is 4.74 Å². The number of imidazole rings is 1. The average Bonchev–Trinajstić information content (AvgIpc) is 2.92. The summed E-state index contributed by atoms with van der Waals surface area (Å²) in [5.41, 5.74) is 7.43. The third kappa shape index (κ3) is 2.62. The number of thiazole rings is 1. The van der Waals surface area contributed by atoms with Crippen LogP contribution in [0, 0.1) is 0 Å². The Morgan fingerprint density at radius 2 is 2.15 bits per heavy atom. The Hall–Kier alpha value is -0.910. The van der Waals surface area contributed by atoms with Gasteiger partial charge in [0.25, 0.3) is 0 Å². The summed E-state index contributed by atoms with van der Waals surface area (Å²) in [5, 5.41) is 2.05. The molecule has 0 bridgehead atoms. The first-order valence-corrected chi connectivity index (χ1v) is 8.33. The zero-order valence-corrected chi connectivity index (χ0v) is 12.9. The second-order valence-electron chi connectivity index (χ2n) is 5.82. The van der Waals surface area contributed by atoms with Crippen molar-refractivity contribution in [2.75, 3.05) is 7.11 Å². The van der Waals surface area contributed by atoms with Gasteiger partial charge < -0.3 is 10.5 Å². The molecule has 0 spiro atoms. The van der Waals surface area contributed by atoms with Gasteiger partial charge in [0, 0.05) is 37.3 Å². The molecule has 0 radical (unpaired) electrons. The summed E-state index contributed by atoms with van der Waals surface area (Å²) >= 11 is 1.66. The highest BCUT2D eigenvalue weighted by atomic mass is 32.1. The maximum atomic E-state index is 6.52. The largest absolute Gasteiger partial charge is 0.377 e. The Labute approximate surface area is 124 Å². The van der Waals surface area contributed by atoms with Crippen molar-refractivity contribution in [2.45, 2.75) is 56.6 Å². The molecule has 1 saturated carbocycles. The molecule has 2 heterocycles. The summed E-state index contributed by atoms with van der Waals surface area (Å²) in [6.45, 7) is 0.